The van der Waals surface area contributed by atoms with Gasteiger partial charge in [0.2, 0.25) is 11.7 Å². The molecule has 1 aromatic carbocycles. The molecular weight excluding hydrogens is 432 g/mol. The summed E-state index contributed by atoms with van der Waals surface area (Å²) in [5, 5.41) is 5.12. The molecule has 0 amide bonds. The summed E-state index contributed by atoms with van der Waals surface area (Å²) in [6, 6.07) is 15.4. The summed E-state index contributed by atoms with van der Waals surface area (Å²) in [4.78, 5) is 24.0. The molecule has 0 aliphatic carbocycles. The number of aromatic nitrogens is 4. The molecule has 0 saturated carbocycles. The van der Waals surface area contributed by atoms with Gasteiger partial charge in [-0.1, -0.05) is 53.3 Å². The number of thioether (sulfide) groups is 1. The average molecular weight is 449 g/mol. The largest absolute Gasteiger partial charge is 0.461 e. The van der Waals surface area contributed by atoms with E-state index in [4.69, 9.17) is 13.9 Å². The van der Waals surface area contributed by atoms with Gasteiger partial charge in [-0.2, -0.15) is 4.98 Å². The van der Waals surface area contributed by atoms with Crippen LogP contribution in [-0.2, 0) is 12.3 Å². The fraction of sp³-hybridized carbons (Fsp3) is 0.0909. The van der Waals surface area contributed by atoms with E-state index in [0.29, 0.717) is 45.1 Å². The highest BCUT2D eigenvalue weighted by Gasteiger charge is 2.17. The van der Waals surface area contributed by atoms with E-state index in [1.54, 1.807) is 29.0 Å². The van der Waals surface area contributed by atoms with Crippen LogP contribution in [0.1, 0.15) is 5.89 Å². The molecule has 0 atom stereocenters. The molecule has 0 spiro atoms. The minimum Gasteiger partial charge on any atom is -0.461 e. The van der Waals surface area contributed by atoms with Crippen LogP contribution in [0.3, 0.4) is 0 Å². The molecule has 0 bridgehead atoms. The predicted molar refractivity (Wildman–Crippen MR) is 121 cm³/mol. The first-order valence-electron chi connectivity index (χ1n) is 9.43. The van der Waals surface area contributed by atoms with E-state index in [1.165, 1.54) is 23.1 Å². The Morgan fingerprint density at radius 2 is 2.03 bits per heavy atom. The molecule has 154 valence electrons. The lowest BCUT2D eigenvalue weighted by molar-refractivity contribution is 0.390. The SMILES string of the molecule is C=CCn1c(SCc2nc(-c3ccco3)no2)nc2sc(-c3ccccc3)cc2c1=O. The molecular formula is C22H16N4O3S2. The topological polar surface area (TPSA) is 86.9 Å². The van der Waals surface area contributed by atoms with Gasteiger partial charge in [-0.3, -0.25) is 9.36 Å². The highest BCUT2D eigenvalue weighted by atomic mass is 32.2. The number of fused-ring (bicyclic) bond motifs is 1. The van der Waals surface area contributed by atoms with Gasteiger partial charge in [0.25, 0.3) is 5.56 Å². The van der Waals surface area contributed by atoms with Crippen molar-refractivity contribution in [1.82, 2.24) is 19.7 Å². The van der Waals surface area contributed by atoms with Gasteiger partial charge in [-0.15, -0.1) is 17.9 Å². The normalized spacial score (nSPS) is 11.2. The number of rotatable bonds is 7. The molecule has 5 aromatic rings. The van der Waals surface area contributed by atoms with Crippen molar-refractivity contribution in [3.05, 3.63) is 83.7 Å². The van der Waals surface area contributed by atoms with E-state index >= 15 is 0 Å². The van der Waals surface area contributed by atoms with Crippen molar-refractivity contribution >= 4 is 33.3 Å². The zero-order valence-corrected chi connectivity index (χ0v) is 17.9. The van der Waals surface area contributed by atoms with E-state index in [2.05, 4.69) is 16.7 Å². The second-order valence-corrected chi connectivity index (χ2v) is 8.55. The van der Waals surface area contributed by atoms with Crippen molar-refractivity contribution in [1.29, 1.82) is 0 Å². The van der Waals surface area contributed by atoms with Crippen molar-refractivity contribution < 1.29 is 8.94 Å². The minimum absolute atomic E-state index is 0.0902. The number of nitrogens with zero attached hydrogens (tertiary/aromatic N) is 4. The van der Waals surface area contributed by atoms with Gasteiger partial charge in [0.15, 0.2) is 10.9 Å². The molecule has 31 heavy (non-hydrogen) atoms. The summed E-state index contributed by atoms with van der Waals surface area (Å²) in [7, 11) is 0. The quantitative estimate of drug-likeness (QED) is 0.191. The number of allylic oxidation sites excluding steroid dienone is 1. The summed E-state index contributed by atoms with van der Waals surface area (Å²) in [5.74, 6) is 1.72. The smallest absolute Gasteiger partial charge is 0.263 e. The van der Waals surface area contributed by atoms with Crippen LogP contribution in [-0.4, -0.2) is 19.7 Å². The van der Waals surface area contributed by atoms with Gasteiger partial charge in [0, 0.05) is 11.4 Å². The number of benzene rings is 1. The Morgan fingerprint density at radius 3 is 2.81 bits per heavy atom. The Bertz CT molecular complexity index is 1400. The van der Waals surface area contributed by atoms with Crippen molar-refractivity contribution in [3.8, 4) is 22.0 Å². The van der Waals surface area contributed by atoms with Crippen LogP contribution in [0.2, 0.25) is 0 Å². The average Bonchev–Trinajstić information content (AvgIpc) is 3.55. The lowest BCUT2D eigenvalue weighted by atomic mass is 10.2. The van der Waals surface area contributed by atoms with Crippen LogP contribution in [0.5, 0.6) is 0 Å². The Kier molecular flexibility index (Phi) is 5.27. The lowest BCUT2D eigenvalue weighted by Gasteiger charge is -2.08. The molecule has 0 radical (unpaired) electrons. The van der Waals surface area contributed by atoms with Crippen LogP contribution < -0.4 is 5.56 Å². The van der Waals surface area contributed by atoms with E-state index < -0.39 is 0 Å². The summed E-state index contributed by atoms with van der Waals surface area (Å²) >= 11 is 2.87. The number of hydrogen-bond acceptors (Lipinski definition) is 8. The van der Waals surface area contributed by atoms with Gasteiger partial charge in [0.05, 0.1) is 17.4 Å². The molecule has 0 unspecified atom stereocenters. The Morgan fingerprint density at radius 1 is 1.16 bits per heavy atom. The van der Waals surface area contributed by atoms with Crippen molar-refractivity contribution in [2.75, 3.05) is 0 Å². The Labute approximate surface area is 185 Å². The fourth-order valence-corrected chi connectivity index (χ4v) is 5.01. The summed E-state index contributed by atoms with van der Waals surface area (Å²) in [5.41, 5.74) is 0.971. The first-order chi connectivity index (χ1) is 15.2. The maximum absolute atomic E-state index is 13.2. The maximum atomic E-state index is 13.2. The molecule has 0 saturated heterocycles. The van der Waals surface area contributed by atoms with Crippen LogP contribution in [0.4, 0.5) is 0 Å². The van der Waals surface area contributed by atoms with E-state index in [9.17, 15) is 4.79 Å². The molecule has 0 fully saturated rings. The standard InChI is InChI=1S/C22H16N4O3S2/c1-2-10-26-21(27)15-12-17(14-7-4-3-5-8-14)31-20(15)24-22(26)30-13-18-23-19(25-29-18)16-9-6-11-28-16/h2-9,11-12H,1,10,13H2. The molecule has 7 nitrogen and oxygen atoms in total. The summed E-state index contributed by atoms with van der Waals surface area (Å²) < 4.78 is 12.2. The van der Waals surface area contributed by atoms with Crippen molar-refractivity contribution in [2.45, 2.75) is 17.5 Å². The number of furan rings is 1. The molecule has 9 heteroatoms. The Hall–Kier alpha value is -3.43. The summed E-state index contributed by atoms with van der Waals surface area (Å²) in [6.45, 7) is 4.14. The Balaban J connectivity index is 1.48. The monoisotopic (exact) mass is 448 g/mol. The van der Waals surface area contributed by atoms with Crippen LogP contribution in [0.25, 0.3) is 32.2 Å². The third-order valence-corrected chi connectivity index (χ3v) is 6.56. The highest BCUT2D eigenvalue weighted by Crippen LogP contribution is 2.32. The van der Waals surface area contributed by atoms with E-state index in [-0.39, 0.29) is 5.56 Å². The van der Waals surface area contributed by atoms with Crippen LogP contribution in [0.15, 0.2) is 86.3 Å². The van der Waals surface area contributed by atoms with Crippen LogP contribution >= 0.6 is 23.1 Å². The molecule has 0 aliphatic rings. The first-order valence-corrected chi connectivity index (χ1v) is 11.2. The highest BCUT2D eigenvalue weighted by molar-refractivity contribution is 7.98. The zero-order chi connectivity index (χ0) is 21.2. The zero-order valence-electron chi connectivity index (χ0n) is 16.2. The lowest BCUT2D eigenvalue weighted by Crippen LogP contribution is -2.22. The molecule has 4 heterocycles. The van der Waals surface area contributed by atoms with Gasteiger partial charge in [-0.05, 0) is 23.8 Å². The third kappa shape index (κ3) is 3.85. The van der Waals surface area contributed by atoms with Gasteiger partial charge < -0.3 is 8.94 Å². The predicted octanol–water partition coefficient (Wildman–Crippen LogP) is 5.25. The van der Waals surface area contributed by atoms with Gasteiger partial charge >= 0.3 is 0 Å². The minimum atomic E-state index is -0.0902. The number of hydrogen-bond donors (Lipinski definition) is 0. The molecule has 5 rings (SSSR count). The van der Waals surface area contributed by atoms with Crippen molar-refractivity contribution in [2.24, 2.45) is 0 Å². The second kappa shape index (κ2) is 8.37. The fourth-order valence-electron chi connectivity index (χ4n) is 3.09. The second-order valence-electron chi connectivity index (χ2n) is 6.57. The van der Waals surface area contributed by atoms with Crippen molar-refractivity contribution in [3.63, 3.8) is 0 Å². The van der Waals surface area contributed by atoms with E-state index in [0.717, 1.165) is 10.4 Å². The third-order valence-electron chi connectivity index (χ3n) is 4.52. The van der Waals surface area contributed by atoms with E-state index in [1.807, 2.05) is 36.4 Å². The summed E-state index contributed by atoms with van der Waals surface area (Å²) in [6.07, 6.45) is 3.24. The van der Waals surface area contributed by atoms with Gasteiger partial charge in [-0.25, -0.2) is 4.98 Å². The van der Waals surface area contributed by atoms with Crippen LogP contribution in [0, 0.1) is 0 Å². The van der Waals surface area contributed by atoms with Gasteiger partial charge in [0.1, 0.15) is 4.83 Å². The maximum Gasteiger partial charge on any atom is 0.263 e. The first kappa shape index (κ1) is 19.5. The molecule has 4 aromatic heterocycles. The number of thiophene rings is 1. The molecule has 0 aliphatic heterocycles. The molecule has 0 N–H and O–H groups in total.